The highest BCUT2D eigenvalue weighted by molar-refractivity contribution is 7.99. The Kier molecular flexibility index (Phi) is 4.99. The molecule has 0 aliphatic rings. The van der Waals surface area contributed by atoms with Crippen LogP contribution >= 0.6 is 11.8 Å². The number of rotatable bonds is 6. The summed E-state index contributed by atoms with van der Waals surface area (Å²) < 4.78 is 5.27. The van der Waals surface area contributed by atoms with Gasteiger partial charge in [-0.25, -0.2) is 4.98 Å². The highest BCUT2D eigenvalue weighted by Crippen LogP contribution is 2.35. The average Bonchev–Trinajstić information content (AvgIpc) is 2.48. The van der Waals surface area contributed by atoms with E-state index in [0.29, 0.717) is 23.1 Å². The second kappa shape index (κ2) is 6.94. The standard InChI is InChI=1S/C14H15N3O3S/c1-3-15-13-8-10(17(18)19)9-14(16-13)21-12-7-5-4-6-11(12)20-2/h4-9H,3H2,1-2H3,(H,15,16). The number of benzene rings is 1. The predicted molar refractivity (Wildman–Crippen MR) is 82.2 cm³/mol. The van der Waals surface area contributed by atoms with Gasteiger partial charge in [0.15, 0.2) is 0 Å². The number of ether oxygens (including phenoxy) is 1. The van der Waals surface area contributed by atoms with Crippen molar-refractivity contribution in [2.24, 2.45) is 0 Å². The molecule has 0 aliphatic carbocycles. The van der Waals surface area contributed by atoms with Gasteiger partial charge < -0.3 is 10.1 Å². The topological polar surface area (TPSA) is 77.3 Å². The zero-order valence-electron chi connectivity index (χ0n) is 11.7. The van der Waals surface area contributed by atoms with Gasteiger partial charge in [-0.2, -0.15) is 0 Å². The first-order valence-electron chi connectivity index (χ1n) is 6.35. The van der Waals surface area contributed by atoms with E-state index in [2.05, 4.69) is 10.3 Å². The fourth-order valence-electron chi connectivity index (χ4n) is 1.74. The first-order chi connectivity index (χ1) is 10.1. The summed E-state index contributed by atoms with van der Waals surface area (Å²) in [6.45, 7) is 2.56. The van der Waals surface area contributed by atoms with Gasteiger partial charge in [0.25, 0.3) is 5.69 Å². The Morgan fingerprint density at radius 2 is 2.14 bits per heavy atom. The van der Waals surface area contributed by atoms with E-state index in [0.717, 1.165) is 4.90 Å². The molecule has 7 heteroatoms. The van der Waals surface area contributed by atoms with Crippen molar-refractivity contribution < 1.29 is 9.66 Å². The Labute approximate surface area is 126 Å². The molecule has 6 nitrogen and oxygen atoms in total. The first-order valence-corrected chi connectivity index (χ1v) is 7.17. The lowest BCUT2D eigenvalue weighted by Gasteiger charge is -2.08. The molecule has 2 aromatic rings. The summed E-state index contributed by atoms with van der Waals surface area (Å²) in [5, 5.41) is 14.5. The van der Waals surface area contributed by atoms with Crippen molar-refractivity contribution in [1.29, 1.82) is 0 Å². The summed E-state index contributed by atoms with van der Waals surface area (Å²) in [5.41, 5.74) is 0.0124. The van der Waals surface area contributed by atoms with Crippen molar-refractivity contribution in [2.75, 3.05) is 19.0 Å². The van der Waals surface area contributed by atoms with Gasteiger partial charge in [-0.1, -0.05) is 23.9 Å². The number of hydrogen-bond acceptors (Lipinski definition) is 6. The highest BCUT2D eigenvalue weighted by atomic mass is 32.2. The molecule has 1 N–H and O–H groups in total. The maximum absolute atomic E-state index is 11.0. The maximum Gasteiger partial charge on any atom is 0.275 e. The minimum atomic E-state index is -0.422. The molecule has 0 aliphatic heterocycles. The van der Waals surface area contributed by atoms with Gasteiger partial charge in [0.2, 0.25) is 0 Å². The van der Waals surface area contributed by atoms with E-state index in [4.69, 9.17) is 4.74 Å². The smallest absolute Gasteiger partial charge is 0.275 e. The van der Waals surface area contributed by atoms with Crippen LogP contribution in [0.25, 0.3) is 0 Å². The minimum absolute atomic E-state index is 0.0124. The maximum atomic E-state index is 11.0. The Balaban J connectivity index is 2.36. The zero-order valence-corrected chi connectivity index (χ0v) is 12.5. The van der Waals surface area contributed by atoms with Crippen LogP contribution in [-0.2, 0) is 0 Å². The Bertz CT molecular complexity index is 649. The normalized spacial score (nSPS) is 10.2. The quantitative estimate of drug-likeness (QED) is 0.649. The van der Waals surface area contributed by atoms with E-state index in [1.165, 1.54) is 23.9 Å². The van der Waals surface area contributed by atoms with Gasteiger partial charge >= 0.3 is 0 Å². The third-order valence-corrected chi connectivity index (χ3v) is 3.61. The fraction of sp³-hybridized carbons (Fsp3) is 0.214. The Morgan fingerprint density at radius 1 is 1.38 bits per heavy atom. The monoisotopic (exact) mass is 305 g/mol. The Morgan fingerprint density at radius 3 is 2.81 bits per heavy atom. The van der Waals surface area contributed by atoms with Crippen molar-refractivity contribution in [3.8, 4) is 5.75 Å². The fourth-order valence-corrected chi connectivity index (χ4v) is 2.68. The van der Waals surface area contributed by atoms with Crippen molar-refractivity contribution in [2.45, 2.75) is 16.8 Å². The van der Waals surface area contributed by atoms with Gasteiger partial charge in [0, 0.05) is 12.6 Å². The summed E-state index contributed by atoms with van der Waals surface area (Å²) in [5.74, 6) is 1.20. The van der Waals surface area contributed by atoms with E-state index in [9.17, 15) is 10.1 Å². The molecule has 1 aromatic carbocycles. The molecule has 1 heterocycles. The molecule has 21 heavy (non-hydrogen) atoms. The van der Waals surface area contributed by atoms with Crippen LogP contribution in [0.5, 0.6) is 5.75 Å². The molecular weight excluding hydrogens is 290 g/mol. The van der Waals surface area contributed by atoms with E-state index in [1.807, 2.05) is 31.2 Å². The van der Waals surface area contributed by atoms with Gasteiger partial charge in [0.1, 0.15) is 16.6 Å². The van der Waals surface area contributed by atoms with Crippen molar-refractivity contribution in [1.82, 2.24) is 4.98 Å². The molecule has 0 saturated carbocycles. The third-order valence-electron chi connectivity index (χ3n) is 2.64. The van der Waals surface area contributed by atoms with E-state index in [1.54, 1.807) is 7.11 Å². The molecule has 1 aromatic heterocycles. The van der Waals surface area contributed by atoms with E-state index < -0.39 is 4.92 Å². The van der Waals surface area contributed by atoms with Crippen molar-refractivity contribution in [3.63, 3.8) is 0 Å². The molecule has 2 rings (SSSR count). The van der Waals surface area contributed by atoms with Crippen molar-refractivity contribution >= 4 is 23.3 Å². The number of nitrogens with zero attached hydrogens (tertiary/aromatic N) is 2. The summed E-state index contributed by atoms with van der Waals surface area (Å²) in [4.78, 5) is 15.8. The van der Waals surface area contributed by atoms with Crippen LogP contribution in [0.2, 0.25) is 0 Å². The van der Waals surface area contributed by atoms with Gasteiger partial charge in [-0.05, 0) is 19.1 Å². The molecule has 0 bridgehead atoms. The van der Waals surface area contributed by atoms with Gasteiger partial charge in [-0.3, -0.25) is 10.1 Å². The molecule has 0 atom stereocenters. The lowest BCUT2D eigenvalue weighted by Crippen LogP contribution is -2.01. The molecule has 0 saturated heterocycles. The lowest BCUT2D eigenvalue weighted by molar-refractivity contribution is -0.385. The highest BCUT2D eigenvalue weighted by Gasteiger charge is 2.13. The number of para-hydroxylation sites is 1. The van der Waals surface area contributed by atoms with Crippen LogP contribution in [0, 0.1) is 10.1 Å². The molecule has 0 fully saturated rings. The van der Waals surface area contributed by atoms with Crippen LogP contribution in [0.4, 0.5) is 11.5 Å². The molecule has 0 radical (unpaired) electrons. The van der Waals surface area contributed by atoms with Crippen LogP contribution in [0.1, 0.15) is 6.92 Å². The SMILES string of the molecule is CCNc1cc([N+](=O)[O-])cc(Sc2ccccc2OC)n1. The molecular formula is C14H15N3O3S. The molecule has 0 amide bonds. The number of nitro groups is 1. The molecule has 0 unspecified atom stereocenters. The van der Waals surface area contributed by atoms with E-state index >= 15 is 0 Å². The largest absolute Gasteiger partial charge is 0.496 e. The van der Waals surface area contributed by atoms with Crippen molar-refractivity contribution in [3.05, 3.63) is 46.5 Å². The van der Waals surface area contributed by atoms with Crippen LogP contribution < -0.4 is 10.1 Å². The van der Waals surface area contributed by atoms with Gasteiger partial charge in [-0.15, -0.1) is 0 Å². The number of methoxy groups -OCH3 is 1. The number of hydrogen-bond donors (Lipinski definition) is 1. The number of nitrogens with one attached hydrogen (secondary N) is 1. The van der Waals surface area contributed by atoms with Crippen LogP contribution in [0.15, 0.2) is 46.3 Å². The number of pyridine rings is 1. The number of aromatic nitrogens is 1. The zero-order chi connectivity index (χ0) is 15.2. The second-order valence-electron chi connectivity index (χ2n) is 4.09. The predicted octanol–water partition coefficient (Wildman–Crippen LogP) is 3.58. The number of anilines is 1. The van der Waals surface area contributed by atoms with E-state index in [-0.39, 0.29) is 5.69 Å². The van der Waals surface area contributed by atoms with Crippen LogP contribution in [-0.4, -0.2) is 23.6 Å². The summed E-state index contributed by atoms with van der Waals surface area (Å²) in [7, 11) is 1.59. The third kappa shape index (κ3) is 3.85. The minimum Gasteiger partial charge on any atom is -0.496 e. The summed E-state index contributed by atoms with van der Waals surface area (Å²) in [6.07, 6.45) is 0. The van der Waals surface area contributed by atoms with Gasteiger partial charge in [0.05, 0.1) is 23.0 Å². The Hall–Kier alpha value is -2.28. The molecule has 0 spiro atoms. The second-order valence-corrected chi connectivity index (χ2v) is 5.15. The molecule has 110 valence electrons. The average molecular weight is 305 g/mol. The first kappa shape index (κ1) is 15.1. The summed E-state index contributed by atoms with van der Waals surface area (Å²) >= 11 is 1.33. The van der Waals surface area contributed by atoms with Crippen LogP contribution in [0.3, 0.4) is 0 Å². The summed E-state index contributed by atoms with van der Waals surface area (Å²) in [6, 6.07) is 10.4. The lowest BCUT2D eigenvalue weighted by atomic mass is 10.3.